The summed E-state index contributed by atoms with van der Waals surface area (Å²) in [4.78, 5) is 0.151. The monoisotopic (exact) mass is 243 g/mol. The van der Waals surface area contributed by atoms with E-state index >= 15 is 0 Å². The molecule has 5 heteroatoms. The summed E-state index contributed by atoms with van der Waals surface area (Å²) < 4.78 is 26.3. The van der Waals surface area contributed by atoms with Gasteiger partial charge in [0.05, 0.1) is 11.5 Å². The highest BCUT2D eigenvalue weighted by Gasteiger charge is 2.17. The molecule has 0 aliphatic heterocycles. The fourth-order valence-corrected chi connectivity index (χ4v) is 2.69. The molecular weight excluding hydrogens is 226 g/mol. The molecule has 16 heavy (non-hydrogen) atoms. The van der Waals surface area contributed by atoms with E-state index in [1.165, 1.54) is 6.07 Å². The number of nitrogens with one attached hydrogen (secondary N) is 1. The Morgan fingerprint density at radius 2 is 1.94 bits per heavy atom. The molecule has 0 saturated carbocycles. The lowest BCUT2D eigenvalue weighted by Crippen LogP contribution is -2.28. The average molecular weight is 243 g/mol. The van der Waals surface area contributed by atoms with Crippen molar-refractivity contribution in [3.05, 3.63) is 29.8 Å². The molecule has 0 aliphatic rings. The lowest BCUT2D eigenvalue weighted by Gasteiger charge is -2.11. The van der Waals surface area contributed by atoms with Crippen molar-refractivity contribution < 1.29 is 13.5 Å². The van der Waals surface area contributed by atoms with Crippen molar-refractivity contribution in [2.24, 2.45) is 5.92 Å². The maximum Gasteiger partial charge on any atom is 0.240 e. The molecule has 1 aromatic carbocycles. The van der Waals surface area contributed by atoms with Crippen LogP contribution in [0.5, 0.6) is 0 Å². The number of hydrogen-bond acceptors (Lipinski definition) is 3. The van der Waals surface area contributed by atoms with Gasteiger partial charge in [0.1, 0.15) is 0 Å². The molecule has 1 aromatic rings. The lowest BCUT2D eigenvalue weighted by atomic mass is 10.2. The first kappa shape index (κ1) is 13.2. The molecule has 0 spiro atoms. The molecule has 0 radical (unpaired) electrons. The largest absolute Gasteiger partial charge is 0.392 e. The summed E-state index contributed by atoms with van der Waals surface area (Å²) in [5.41, 5.74) is 0.416. The second-order valence-corrected chi connectivity index (χ2v) is 5.75. The average Bonchev–Trinajstić information content (AvgIpc) is 2.26. The van der Waals surface area contributed by atoms with Crippen molar-refractivity contribution in [1.82, 2.24) is 4.72 Å². The Bertz CT molecular complexity index is 440. The van der Waals surface area contributed by atoms with Crippen LogP contribution >= 0.6 is 0 Å². The predicted octanol–water partition coefficient (Wildman–Crippen LogP) is 1.11. The van der Waals surface area contributed by atoms with Crippen LogP contribution in [0.4, 0.5) is 0 Å². The Hall–Kier alpha value is -0.910. The Kier molecular flexibility index (Phi) is 4.46. The fraction of sp³-hybridized carbons (Fsp3) is 0.455. The van der Waals surface area contributed by atoms with Crippen molar-refractivity contribution in [1.29, 1.82) is 0 Å². The van der Waals surface area contributed by atoms with E-state index in [1.54, 1.807) is 18.2 Å². The minimum absolute atomic E-state index is 0.151. The summed E-state index contributed by atoms with van der Waals surface area (Å²) in [6.45, 7) is 3.97. The van der Waals surface area contributed by atoms with Gasteiger partial charge in [-0.15, -0.1) is 0 Å². The maximum atomic E-state index is 11.9. The summed E-state index contributed by atoms with van der Waals surface area (Å²) in [6, 6.07) is 6.44. The summed E-state index contributed by atoms with van der Waals surface area (Å²) in [7, 11) is -3.51. The second-order valence-electron chi connectivity index (χ2n) is 4.01. The van der Waals surface area contributed by atoms with E-state index in [-0.39, 0.29) is 17.4 Å². The fourth-order valence-electron chi connectivity index (χ4n) is 1.25. The third kappa shape index (κ3) is 3.30. The van der Waals surface area contributed by atoms with Crippen LogP contribution in [0.3, 0.4) is 0 Å². The molecule has 0 heterocycles. The van der Waals surface area contributed by atoms with E-state index in [2.05, 4.69) is 4.72 Å². The van der Waals surface area contributed by atoms with Gasteiger partial charge < -0.3 is 5.11 Å². The van der Waals surface area contributed by atoms with E-state index in [9.17, 15) is 8.42 Å². The first-order valence-electron chi connectivity index (χ1n) is 5.16. The van der Waals surface area contributed by atoms with Crippen molar-refractivity contribution in [3.63, 3.8) is 0 Å². The van der Waals surface area contributed by atoms with Crippen LogP contribution in [0.2, 0.25) is 0 Å². The van der Waals surface area contributed by atoms with E-state index in [0.717, 1.165) is 0 Å². The van der Waals surface area contributed by atoms with Crippen LogP contribution < -0.4 is 4.72 Å². The highest BCUT2D eigenvalue weighted by molar-refractivity contribution is 7.89. The summed E-state index contributed by atoms with van der Waals surface area (Å²) in [6.07, 6.45) is 0. The van der Waals surface area contributed by atoms with Crippen molar-refractivity contribution >= 4 is 10.0 Å². The summed E-state index contributed by atoms with van der Waals surface area (Å²) in [5, 5.41) is 9.07. The SMILES string of the molecule is CC(C)CNS(=O)(=O)c1ccccc1CO. The summed E-state index contributed by atoms with van der Waals surface area (Å²) in [5.74, 6) is 0.246. The van der Waals surface area contributed by atoms with Crippen molar-refractivity contribution in [2.45, 2.75) is 25.3 Å². The molecule has 0 saturated heterocycles. The number of hydrogen-bond donors (Lipinski definition) is 2. The molecule has 0 aliphatic carbocycles. The zero-order valence-corrected chi connectivity index (χ0v) is 10.3. The van der Waals surface area contributed by atoms with Crippen LogP contribution in [-0.4, -0.2) is 20.1 Å². The Morgan fingerprint density at radius 1 is 1.31 bits per heavy atom. The predicted molar refractivity (Wildman–Crippen MR) is 62.4 cm³/mol. The molecule has 4 nitrogen and oxygen atoms in total. The van der Waals surface area contributed by atoms with Crippen LogP contribution in [0.1, 0.15) is 19.4 Å². The normalized spacial score (nSPS) is 12.0. The van der Waals surface area contributed by atoms with Gasteiger partial charge in [-0.2, -0.15) is 0 Å². The second kappa shape index (κ2) is 5.43. The van der Waals surface area contributed by atoms with Crippen LogP contribution in [-0.2, 0) is 16.6 Å². The summed E-state index contributed by atoms with van der Waals surface area (Å²) >= 11 is 0. The Balaban J connectivity index is 2.98. The van der Waals surface area contributed by atoms with Gasteiger partial charge in [-0.05, 0) is 17.5 Å². The van der Waals surface area contributed by atoms with Gasteiger partial charge in [0, 0.05) is 6.54 Å². The van der Waals surface area contributed by atoms with E-state index in [0.29, 0.717) is 12.1 Å². The molecule has 90 valence electrons. The molecule has 0 atom stereocenters. The van der Waals surface area contributed by atoms with E-state index in [4.69, 9.17) is 5.11 Å². The Labute approximate surface area is 96.4 Å². The van der Waals surface area contributed by atoms with Gasteiger partial charge in [-0.3, -0.25) is 0 Å². The molecule has 0 aromatic heterocycles. The molecule has 2 N–H and O–H groups in total. The van der Waals surface area contributed by atoms with E-state index in [1.807, 2.05) is 13.8 Å². The Morgan fingerprint density at radius 3 is 2.50 bits per heavy atom. The first-order chi connectivity index (χ1) is 7.47. The molecule has 0 amide bonds. The third-order valence-corrected chi connectivity index (χ3v) is 3.64. The van der Waals surface area contributed by atoms with Gasteiger partial charge in [-0.25, -0.2) is 13.1 Å². The molecule has 0 fully saturated rings. The van der Waals surface area contributed by atoms with Gasteiger partial charge >= 0.3 is 0 Å². The van der Waals surface area contributed by atoms with Gasteiger partial charge in [0.25, 0.3) is 0 Å². The number of aliphatic hydroxyl groups excluding tert-OH is 1. The zero-order chi connectivity index (χ0) is 12.2. The van der Waals surface area contributed by atoms with Gasteiger partial charge in [0.15, 0.2) is 0 Å². The number of benzene rings is 1. The zero-order valence-electron chi connectivity index (χ0n) is 9.47. The van der Waals surface area contributed by atoms with E-state index < -0.39 is 10.0 Å². The highest BCUT2D eigenvalue weighted by atomic mass is 32.2. The molecule has 0 unspecified atom stereocenters. The standard InChI is InChI=1S/C11H17NO3S/c1-9(2)7-12-16(14,15)11-6-4-3-5-10(11)8-13/h3-6,9,12-13H,7-8H2,1-2H3. The van der Waals surface area contributed by atoms with Crippen LogP contribution in [0.15, 0.2) is 29.2 Å². The molecule has 1 rings (SSSR count). The highest BCUT2D eigenvalue weighted by Crippen LogP contribution is 2.15. The van der Waals surface area contributed by atoms with Crippen LogP contribution in [0, 0.1) is 5.92 Å². The quantitative estimate of drug-likeness (QED) is 0.814. The molecule has 0 bridgehead atoms. The third-order valence-electron chi connectivity index (χ3n) is 2.11. The first-order valence-corrected chi connectivity index (χ1v) is 6.64. The van der Waals surface area contributed by atoms with Gasteiger partial charge in [-0.1, -0.05) is 32.0 Å². The molecular formula is C11H17NO3S. The number of aliphatic hydroxyl groups is 1. The van der Waals surface area contributed by atoms with Crippen molar-refractivity contribution in [3.8, 4) is 0 Å². The minimum Gasteiger partial charge on any atom is -0.392 e. The van der Waals surface area contributed by atoms with Gasteiger partial charge in [0.2, 0.25) is 10.0 Å². The van der Waals surface area contributed by atoms with Crippen LogP contribution in [0.25, 0.3) is 0 Å². The minimum atomic E-state index is -3.51. The van der Waals surface area contributed by atoms with Crippen molar-refractivity contribution in [2.75, 3.05) is 6.54 Å². The number of sulfonamides is 1. The smallest absolute Gasteiger partial charge is 0.240 e. The lowest BCUT2D eigenvalue weighted by molar-refractivity contribution is 0.278. The maximum absolute atomic E-state index is 11.9. The number of rotatable bonds is 5. The topological polar surface area (TPSA) is 66.4 Å².